The number of alkyl carbamates (subject to hydrolysis) is 1. The van der Waals surface area contributed by atoms with Gasteiger partial charge in [-0.1, -0.05) is 69.5 Å². The fourth-order valence-electron chi connectivity index (χ4n) is 11.2. The standard InChI is InChI=1S/C62H86ClN9O17/c1-33(2)52(68-48(73)21-14-13-15-25-72-50(75)27-35(4)56(72)78)55(77)67-41(19-17-24-65-59(64)81)54(76)66-40-23-22-39(30-43(40)84-10)57(79)70(8)37(6)58(80)88-47-31-49(74)71(9)42-28-38(29-44(85-11)51(42)63)26-34(3)18-16-20-46(86-12)62(83)32-45(87-60(82)69-62)36(5)53-61(47,7)89-53/h16,18,20,22-23,28-30,33,35-37,41,45-47,52-53,83H,13-15,17,19,21,24-27,31-32H2,1-12H3,(H,66,76)(H,67,77)(H,68,73)(H,69,82)(H3,64,65,81)/b20-16+,34-18+/t35?,36-,37+,41+,45+,46-,47+,52+,53+,61+,62+/m1/s1. The zero-order chi connectivity index (χ0) is 65.8. The number of amides is 10. The number of halogens is 1. The Balaban J connectivity index is 1.17. The molecule has 1 unspecified atom stereocenters. The summed E-state index contributed by atoms with van der Waals surface area (Å²) in [6, 6.07) is 3.24. The van der Waals surface area contributed by atoms with Crippen molar-refractivity contribution in [3.05, 3.63) is 70.3 Å². The molecule has 3 fully saturated rings. The van der Waals surface area contributed by atoms with E-state index in [-0.39, 0.29) is 84.9 Å². The maximum atomic E-state index is 14.5. The number of nitrogens with one attached hydrogen (secondary N) is 5. The number of anilines is 2. The number of unbranched alkanes of at least 4 members (excludes halogenated alkanes) is 2. The minimum atomic E-state index is -1.93. The van der Waals surface area contributed by atoms with E-state index in [2.05, 4.69) is 26.6 Å². The number of likely N-dealkylation sites (N-methyl/N-ethyl adjacent to an activating group) is 1. The molecule has 488 valence electrons. The van der Waals surface area contributed by atoms with Crippen LogP contribution in [0.4, 0.5) is 21.0 Å². The number of rotatable bonds is 23. The Morgan fingerprint density at radius 1 is 0.933 bits per heavy atom. The normalized spacial score (nSPS) is 25.6. The summed E-state index contributed by atoms with van der Waals surface area (Å²) in [6.45, 7) is 12.2. The predicted molar refractivity (Wildman–Crippen MR) is 326 cm³/mol. The molecular weight excluding hydrogens is 1180 g/mol. The van der Waals surface area contributed by atoms with E-state index in [9.17, 15) is 53.1 Å². The molecule has 27 heteroatoms. The number of esters is 1. The van der Waals surface area contributed by atoms with Gasteiger partial charge in [0.25, 0.3) is 5.91 Å². The Kier molecular flexibility index (Phi) is 24.2. The van der Waals surface area contributed by atoms with E-state index >= 15 is 0 Å². The second-order valence-electron chi connectivity index (χ2n) is 23.8. The van der Waals surface area contributed by atoms with Crippen LogP contribution in [0, 0.1) is 17.8 Å². The molecule has 10 amide bonds. The van der Waals surface area contributed by atoms with Crippen LogP contribution in [0.15, 0.2) is 54.1 Å². The van der Waals surface area contributed by atoms with E-state index in [1.54, 1.807) is 58.9 Å². The lowest BCUT2D eigenvalue weighted by molar-refractivity contribution is -0.158. The van der Waals surface area contributed by atoms with Gasteiger partial charge in [0, 0.05) is 71.0 Å². The summed E-state index contributed by atoms with van der Waals surface area (Å²) >= 11 is 6.86. The number of likely N-dealkylation sites (tertiary alicyclic amines) is 1. The highest BCUT2D eigenvalue weighted by Gasteiger charge is 2.64. The molecule has 11 atom stereocenters. The van der Waals surface area contributed by atoms with Crippen LogP contribution in [0.3, 0.4) is 0 Å². The number of nitrogens with zero attached hydrogens (tertiary/aromatic N) is 3. The van der Waals surface area contributed by atoms with Crippen molar-refractivity contribution < 1.29 is 81.5 Å². The maximum absolute atomic E-state index is 14.5. The number of primary amides is 1. The van der Waals surface area contributed by atoms with E-state index in [0.29, 0.717) is 37.1 Å². The average Bonchev–Trinajstić information content (AvgIpc) is 1.59. The molecule has 0 aromatic heterocycles. The van der Waals surface area contributed by atoms with Crippen molar-refractivity contribution in [1.82, 2.24) is 31.1 Å². The lowest BCUT2D eigenvalue weighted by Gasteiger charge is -2.42. The highest BCUT2D eigenvalue weighted by atomic mass is 35.5. The first-order valence-corrected chi connectivity index (χ1v) is 30.2. The van der Waals surface area contributed by atoms with E-state index in [1.807, 2.05) is 13.0 Å². The Labute approximate surface area is 523 Å². The lowest BCUT2D eigenvalue weighted by atomic mass is 9.83. The van der Waals surface area contributed by atoms with Crippen LogP contribution >= 0.6 is 11.6 Å². The zero-order valence-corrected chi connectivity index (χ0v) is 53.4. The largest absolute Gasteiger partial charge is 0.495 e. The minimum Gasteiger partial charge on any atom is -0.495 e. The second-order valence-corrected chi connectivity index (χ2v) is 24.2. The van der Waals surface area contributed by atoms with Crippen LogP contribution in [0.2, 0.25) is 5.02 Å². The van der Waals surface area contributed by atoms with Crippen molar-refractivity contribution in [2.75, 3.05) is 58.7 Å². The number of methoxy groups -OCH3 is 3. The first-order chi connectivity index (χ1) is 42.0. The van der Waals surface area contributed by atoms with Gasteiger partial charge in [-0.2, -0.15) is 0 Å². The summed E-state index contributed by atoms with van der Waals surface area (Å²) in [5.74, 6) is -5.43. The van der Waals surface area contributed by atoms with Gasteiger partial charge in [-0.3, -0.25) is 43.8 Å². The van der Waals surface area contributed by atoms with Gasteiger partial charge in [0.15, 0.2) is 5.72 Å². The Hall–Kier alpha value is -7.81. The van der Waals surface area contributed by atoms with E-state index < -0.39 is 120 Å². The fraction of sp³-hybridized carbons (Fsp3) is 0.581. The van der Waals surface area contributed by atoms with Crippen LogP contribution in [0.1, 0.15) is 122 Å². The van der Waals surface area contributed by atoms with Gasteiger partial charge in [-0.15, -0.1) is 0 Å². The second kappa shape index (κ2) is 30.6. The summed E-state index contributed by atoms with van der Waals surface area (Å²) in [7, 11) is 7.04. The summed E-state index contributed by atoms with van der Waals surface area (Å²) in [6.07, 6.45) is 1.87. The number of aliphatic hydroxyl groups is 1. The van der Waals surface area contributed by atoms with Gasteiger partial charge in [-0.05, 0) is 94.7 Å². The van der Waals surface area contributed by atoms with Crippen molar-refractivity contribution in [3.8, 4) is 11.5 Å². The number of epoxide rings is 1. The van der Waals surface area contributed by atoms with Gasteiger partial charge < -0.3 is 70.3 Å². The Morgan fingerprint density at radius 2 is 1.64 bits per heavy atom. The highest BCUT2D eigenvalue weighted by Crippen LogP contribution is 2.49. The molecule has 4 aliphatic rings. The summed E-state index contributed by atoms with van der Waals surface area (Å²) < 4.78 is 35.2. The number of fused-ring (bicyclic) bond motifs is 5. The van der Waals surface area contributed by atoms with Crippen LogP contribution < -0.4 is 46.7 Å². The number of benzene rings is 2. The van der Waals surface area contributed by atoms with Crippen LogP contribution in [-0.2, 0) is 58.9 Å². The molecule has 2 aromatic carbocycles. The van der Waals surface area contributed by atoms with Gasteiger partial charge >= 0.3 is 18.1 Å². The molecule has 4 heterocycles. The summed E-state index contributed by atoms with van der Waals surface area (Å²) in [4.78, 5) is 137. The Morgan fingerprint density at radius 3 is 2.28 bits per heavy atom. The molecule has 26 nitrogen and oxygen atoms in total. The van der Waals surface area contributed by atoms with Crippen LogP contribution in [0.25, 0.3) is 0 Å². The molecule has 6 rings (SSSR count). The molecule has 3 saturated heterocycles. The maximum Gasteiger partial charge on any atom is 0.409 e. The number of hydrogen-bond donors (Lipinski definition) is 7. The van der Waals surface area contributed by atoms with Crippen molar-refractivity contribution >= 4 is 82.4 Å². The van der Waals surface area contributed by atoms with Crippen molar-refractivity contribution in [3.63, 3.8) is 0 Å². The monoisotopic (exact) mass is 1260 g/mol. The quantitative estimate of drug-likeness (QED) is 0.0340. The molecule has 0 radical (unpaired) electrons. The number of imide groups is 1. The molecule has 0 aliphatic carbocycles. The molecule has 0 saturated carbocycles. The number of carbonyl (C=O) groups excluding carboxylic acids is 10. The van der Waals surface area contributed by atoms with E-state index in [1.165, 1.54) is 70.3 Å². The molecule has 2 aromatic rings. The number of carbonyl (C=O) groups is 10. The molecule has 4 aliphatic heterocycles. The average molecular weight is 1260 g/mol. The SMILES string of the molecule is COc1cc(C(=O)N(C)[C@@H](C)C(=O)O[C@H]2CC(=O)N(C)c3cc(cc(OC)c3Cl)C/C(C)=C/C=C/[C@@H](OC)[C@@]3(O)C[C@H](OC(=O)N3)[C@@H](C)[C@@H]3O[C@@]23C)ccc1NC(=O)[C@H](CCCNC(N)=O)NC(=O)[C@@H](NC(=O)CCCCCN1C(=O)CC(C)C1=O)C(C)C. The predicted octanol–water partition coefficient (Wildman–Crippen LogP) is 4.80. The third-order valence-electron chi connectivity index (χ3n) is 16.8. The van der Waals surface area contributed by atoms with Crippen LogP contribution in [-0.4, -0.2) is 177 Å². The van der Waals surface area contributed by atoms with Gasteiger partial charge in [-0.25, -0.2) is 14.4 Å². The van der Waals surface area contributed by atoms with Crippen molar-refractivity contribution in [2.24, 2.45) is 23.5 Å². The molecule has 0 spiro atoms. The first-order valence-electron chi connectivity index (χ1n) is 29.8. The number of allylic oxidation sites excluding steroid dienone is 3. The van der Waals surface area contributed by atoms with E-state index in [0.717, 1.165) is 16.0 Å². The smallest absolute Gasteiger partial charge is 0.409 e. The molecule has 89 heavy (non-hydrogen) atoms. The first kappa shape index (κ1) is 70.3. The third-order valence-corrected chi connectivity index (χ3v) is 17.2. The minimum absolute atomic E-state index is 0.00617. The number of urea groups is 1. The van der Waals surface area contributed by atoms with Crippen LogP contribution in [0.5, 0.6) is 11.5 Å². The summed E-state index contributed by atoms with van der Waals surface area (Å²) in [5.41, 5.74) is 3.97. The molecule has 8 N–H and O–H groups in total. The van der Waals surface area contributed by atoms with E-state index in [4.69, 9.17) is 45.8 Å². The fourth-order valence-corrected chi connectivity index (χ4v) is 11.5. The van der Waals surface area contributed by atoms with Gasteiger partial charge in [0.05, 0.1) is 38.1 Å². The Bertz CT molecular complexity index is 3070. The topological polar surface area (TPSA) is 345 Å². The number of hydrogen-bond acceptors (Lipinski definition) is 17. The van der Waals surface area contributed by atoms with Gasteiger partial charge in [0.1, 0.15) is 58.6 Å². The molecular formula is C62H86ClN9O17. The zero-order valence-electron chi connectivity index (χ0n) is 52.7. The molecule has 4 bridgehead atoms. The van der Waals surface area contributed by atoms with Gasteiger partial charge in [0.2, 0.25) is 35.4 Å². The lowest BCUT2D eigenvalue weighted by Crippen LogP contribution is -2.63. The summed E-state index contributed by atoms with van der Waals surface area (Å²) in [5, 5.41) is 25.3. The number of ether oxygens (including phenoxy) is 6. The van der Waals surface area contributed by atoms with Crippen molar-refractivity contribution in [2.45, 2.75) is 167 Å². The highest BCUT2D eigenvalue weighted by molar-refractivity contribution is 6.35. The van der Waals surface area contributed by atoms with Crippen molar-refractivity contribution in [1.29, 1.82) is 0 Å². The number of nitrogens with two attached hydrogens (primary N) is 1. The third kappa shape index (κ3) is 17.5.